The van der Waals surface area contributed by atoms with Crippen LogP contribution in [0.4, 0.5) is 13.2 Å². The van der Waals surface area contributed by atoms with Crippen LogP contribution in [-0.2, 0) is 11.2 Å². The van der Waals surface area contributed by atoms with Crippen molar-refractivity contribution in [3.63, 3.8) is 0 Å². The highest BCUT2D eigenvalue weighted by Crippen LogP contribution is 2.25. The first kappa shape index (κ1) is 22.1. The van der Waals surface area contributed by atoms with Crippen LogP contribution < -0.4 is 5.32 Å². The minimum Gasteiger partial charge on any atom is -0.475 e. The van der Waals surface area contributed by atoms with Crippen LogP contribution >= 0.6 is 11.3 Å². The monoisotopic (exact) mass is 450 g/mol. The molecule has 3 heterocycles. The molecule has 0 saturated heterocycles. The summed E-state index contributed by atoms with van der Waals surface area (Å²) in [7, 11) is 0. The molecule has 0 saturated carbocycles. The number of H-pyrrole nitrogens is 2. The quantitative estimate of drug-likeness (QED) is 0.365. The van der Waals surface area contributed by atoms with Gasteiger partial charge in [-0.3, -0.25) is 9.89 Å². The predicted molar refractivity (Wildman–Crippen MR) is 110 cm³/mol. The summed E-state index contributed by atoms with van der Waals surface area (Å²) in [5.41, 5.74) is 3.70. The first-order valence-electron chi connectivity index (χ1n) is 8.96. The Morgan fingerprint density at radius 3 is 2.55 bits per heavy atom. The number of amides is 1. The summed E-state index contributed by atoms with van der Waals surface area (Å²) >= 11 is 1.71. The van der Waals surface area contributed by atoms with Gasteiger partial charge >= 0.3 is 12.1 Å². The molecule has 0 aliphatic rings. The molecule has 31 heavy (non-hydrogen) atoms. The van der Waals surface area contributed by atoms with E-state index in [0.717, 1.165) is 28.5 Å². The average Bonchev–Trinajstić information content (AvgIpc) is 3.48. The molecule has 3 aromatic heterocycles. The Labute approximate surface area is 177 Å². The first-order valence-corrected chi connectivity index (χ1v) is 9.84. The highest BCUT2D eigenvalue weighted by atomic mass is 32.1. The molecule has 0 spiro atoms. The fourth-order valence-corrected chi connectivity index (χ4v) is 3.46. The highest BCUT2D eigenvalue weighted by Gasteiger charge is 2.38. The Balaban J connectivity index is 0.000000339. The lowest BCUT2D eigenvalue weighted by Gasteiger charge is -2.04. The molecule has 1 amide bonds. The number of aromatic nitrogens is 3. The molecule has 0 aliphatic carbocycles. The minimum absolute atomic E-state index is 0.0473. The minimum atomic E-state index is -5.08. The van der Waals surface area contributed by atoms with Crippen molar-refractivity contribution in [2.24, 2.45) is 0 Å². The van der Waals surface area contributed by atoms with Gasteiger partial charge in [-0.05, 0) is 29.5 Å². The second-order valence-corrected chi connectivity index (χ2v) is 7.37. The molecule has 4 rings (SSSR count). The van der Waals surface area contributed by atoms with Crippen LogP contribution in [0.5, 0.6) is 0 Å². The van der Waals surface area contributed by atoms with Crippen molar-refractivity contribution in [1.29, 1.82) is 0 Å². The van der Waals surface area contributed by atoms with Gasteiger partial charge in [0, 0.05) is 40.3 Å². The number of aliphatic carboxylic acids is 1. The number of hydrogen-bond donors (Lipinski definition) is 4. The van der Waals surface area contributed by atoms with E-state index in [0.29, 0.717) is 12.1 Å². The number of nitrogens with zero attached hydrogens (tertiary/aromatic N) is 1. The van der Waals surface area contributed by atoms with Gasteiger partial charge in [-0.1, -0.05) is 18.2 Å². The lowest BCUT2D eigenvalue weighted by atomic mass is 10.1. The number of halogens is 3. The van der Waals surface area contributed by atoms with Crippen LogP contribution in [0.1, 0.15) is 15.2 Å². The van der Waals surface area contributed by atoms with Crippen molar-refractivity contribution >= 4 is 34.1 Å². The molecule has 0 aliphatic heterocycles. The van der Waals surface area contributed by atoms with Crippen molar-refractivity contribution in [2.75, 3.05) is 6.54 Å². The number of carboxylic acids is 1. The maximum absolute atomic E-state index is 12.4. The van der Waals surface area contributed by atoms with Crippen molar-refractivity contribution in [3.8, 4) is 11.1 Å². The van der Waals surface area contributed by atoms with Crippen LogP contribution in [-0.4, -0.2) is 44.9 Å². The SMILES string of the molecule is O=C(NCCc1cccs1)c1c[nH]c2cc(-c3cn[nH]c3)ccc12.O=C(O)C(F)(F)F. The topological polar surface area (TPSA) is 111 Å². The van der Waals surface area contributed by atoms with Gasteiger partial charge in [0.2, 0.25) is 0 Å². The first-order chi connectivity index (χ1) is 14.8. The molecular formula is C20H17F3N4O3S. The number of hydrogen-bond acceptors (Lipinski definition) is 4. The lowest BCUT2D eigenvalue weighted by molar-refractivity contribution is -0.192. The Morgan fingerprint density at radius 2 is 1.94 bits per heavy atom. The van der Waals surface area contributed by atoms with Crippen LogP contribution in [0.2, 0.25) is 0 Å². The Kier molecular flexibility index (Phi) is 6.75. The van der Waals surface area contributed by atoms with E-state index in [1.807, 2.05) is 30.5 Å². The lowest BCUT2D eigenvalue weighted by Crippen LogP contribution is -2.25. The highest BCUT2D eigenvalue weighted by molar-refractivity contribution is 7.09. The number of carboxylic acid groups (broad SMARTS) is 1. The van der Waals surface area contributed by atoms with Crippen molar-refractivity contribution in [1.82, 2.24) is 20.5 Å². The number of rotatable bonds is 5. The van der Waals surface area contributed by atoms with Gasteiger partial charge in [0.1, 0.15) is 0 Å². The van der Waals surface area contributed by atoms with E-state index in [2.05, 4.69) is 31.9 Å². The van der Waals surface area contributed by atoms with E-state index in [1.165, 1.54) is 4.88 Å². The van der Waals surface area contributed by atoms with Crippen LogP contribution in [0.25, 0.3) is 22.0 Å². The standard InChI is InChI=1S/C18H16N4OS.C2HF3O2/c23-18(19-6-5-14-2-1-7-24-14)16-11-20-17-8-12(3-4-15(16)17)13-9-21-22-10-13;3-2(4,5)1(6)7/h1-4,7-11,20H,5-6H2,(H,19,23)(H,21,22);(H,6,7). The van der Waals surface area contributed by atoms with E-state index >= 15 is 0 Å². The summed E-state index contributed by atoms with van der Waals surface area (Å²) in [6.45, 7) is 0.638. The van der Waals surface area contributed by atoms with E-state index in [9.17, 15) is 18.0 Å². The second kappa shape index (κ2) is 9.47. The zero-order chi connectivity index (χ0) is 22.4. The van der Waals surface area contributed by atoms with Gasteiger partial charge in [0.05, 0.1) is 11.8 Å². The molecule has 1 aromatic carbocycles. The summed E-state index contributed by atoms with van der Waals surface area (Å²) < 4.78 is 31.7. The summed E-state index contributed by atoms with van der Waals surface area (Å²) in [4.78, 5) is 25.8. The molecule has 11 heteroatoms. The summed E-state index contributed by atoms with van der Waals surface area (Å²) in [6.07, 6.45) is 1.17. The van der Waals surface area contributed by atoms with Crippen molar-refractivity contribution < 1.29 is 27.9 Å². The fourth-order valence-electron chi connectivity index (χ4n) is 2.75. The molecule has 0 fully saturated rings. The number of fused-ring (bicyclic) bond motifs is 1. The fraction of sp³-hybridized carbons (Fsp3) is 0.150. The summed E-state index contributed by atoms with van der Waals surface area (Å²) in [5, 5.41) is 19.9. The Bertz CT molecular complexity index is 1150. The van der Waals surface area contributed by atoms with Gasteiger partial charge in [-0.15, -0.1) is 11.3 Å². The maximum Gasteiger partial charge on any atom is 0.490 e. The second-order valence-electron chi connectivity index (χ2n) is 6.34. The molecule has 0 radical (unpaired) electrons. The van der Waals surface area contributed by atoms with Crippen LogP contribution in [0, 0.1) is 0 Å². The Hall–Kier alpha value is -3.60. The molecule has 0 unspecified atom stereocenters. The van der Waals surface area contributed by atoms with E-state index in [4.69, 9.17) is 9.90 Å². The normalized spacial score (nSPS) is 11.1. The largest absolute Gasteiger partial charge is 0.490 e. The number of benzene rings is 1. The molecule has 7 nitrogen and oxygen atoms in total. The third-order valence-corrected chi connectivity index (χ3v) is 5.17. The zero-order valence-corrected chi connectivity index (χ0v) is 16.7. The van der Waals surface area contributed by atoms with E-state index in [1.54, 1.807) is 23.7 Å². The maximum atomic E-state index is 12.4. The number of nitrogens with one attached hydrogen (secondary N) is 3. The third-order valence-electron chi connectivity index (χ3n) is 4.24. The van der Waals surface area contributed by atoms with E-state index in [-0.39, 0.29) is 5.91 Å². The zero-order valence-electron chi connectivity index (χ0n) is 15.9. The molecule has 0 bridgehead atoms. The van der Waals surface area contributed by atoms with Gasteiger partial charge in [0.15, 0.2) is 0 Å². The molecule has 4 aromatic rings. The summed E-state index contributed by atoms with van der Waals surface area (Å²) in [6, 6.07) is 10.1. The van der Waals surface area contributed by atoms with Gasteiger partial charge in [-0.2, -0.15) is 18.3 Å². The molecule has 0 atom stereocenters. The number of aromatic amines is 2. The number of carbonyl (C=O) groups is 2. The average molecular weight is 450 g/mol. The Morgan fingerprint density at radius 1 is 1.16 bits per heavy atom. The number of carbonyl (C=O) groups excluding carboxylic acids is 1. The number of thiophene rings is 1. The van der Waals surface area contributed by atoms with Crippen molar-refractivity contribution in [3.05, 3.63) is 64.7 Å². The van der Waals surface area contributed by atoms with Crippen LogP contribution in [0.15, 0.2) is 54.3 Å². The smallest absolute Gasteiger partial charge is 0.475 e. The number of alkyl halides is 3. The summed E-state index contributed by atoms with van der Waals surface area (Å²) in [5.74, 6) is -2.80. The predicted octanol–water partition coefficient (Wildman–Crippen LogP) is 4.23. The molecule has 162 valence electrons. The van der Waals surface area contributed by atoms with Crippen LogP contribution in [0.3, 0.4) is 0 Å². The van der Waals surface area contributed by atoms with E-state index < -0.39 is 12.1 Å². The van der Waals surface area contributed by atoms with Gasteiger partial charge in [0.25, 0.3) is 5.91 Å². The van der Waals surface area contributed by atoms with Crippen molar-refractivity contribution in [2.45, 2.75) is 12.6 Å². The molecule has 4 N–H and O–H groups in total. The molecular weight excluding hydrogens is 433 g/mol. The van der Waals surface area contributed by atoms with Gasteiger partial charge in [-0.25, -0.2) is 4.79 Å². The van der Waals surface area contributed by atoms with Gasteiger partial charge < -0.3 is 15.4 Å². The third kappa shape index (κ3) is 5.72.